The Hall–Kier alpha value is -2.34. The summed E-state index contributed by atoms with van der Waals surface area (Å²) in [5.74, 6) is 1.76. The van der Waals surface area contributed by atoms with Crippen molar-refractivity contribution in [1.82, 2.24) is 24.7 Å². The number of Topliss-reactive ketones (excluding diaryl/α,β-unsaturated/α-hetero) is 1. The number of ketones is 1. The smallest absolute Gasteiger partial charge is 0.259 e. The molecule has 0 aliphatic carbocycles. The van der Waals surface area contributed by atoms with Crippen LogP contribution in [0.25, 0.3) is 20.9 Å². The van der Waals surface area contributed by atoms with Crippen molar-refractivity contribution in [2.24, 2.45) is 0 Å². The summed E-state index contributed by atoms with van der Waals surface area (Å²) in [7, 11) is 0. The summed E-state index contributed by atoms with van der Waals surface area (Å²) >= 11 is 4.38. The number of H-pyrrole nitrogens is 1. The van der Waals surface area contributed by atoms with Crippen LogP contribution in [-0.4, -0.2) is 43.2 Å². The maximum atomic E-state index is 12.7. The number of aromatic amines is 1. The van der Waals surface area contributed by atoms with Gasteiger partial charge in [-0.05, 0) is 43.7 Å². The number of carbonyl (C=O) groups excluding carboxylic acids is 1. The minimum Gasteiger partial charge on any atom is -0.376 e. The van der Waals surface area contributed by atoms with Crippen LogP contribution in [0.3, 0.4) is 0 Å². The molecular formula is C21H21N5O3S3. The molecule has 0 spiro atoms. The number of thiophene rings is 2. The third-order valence-corrected chi connectivity index (χ3v) is 8.51. The zero-order valence-electron chi connectivity index (χ0n) is 17.6. The lowest BCUT2D eigenvalue weighted by Gasteiger charge is -2.14. The first-order valence-corrected chi connectivity index (χ1v) is 12.9. The highest BCUT2D eigenvalue weighted by atomic mass is 32.2. The van der Waals surface area contributed by atoms with Gasteiger partial charge in [-0.2, -0.15) is 0 Å². The summed E-state index contributed by atoms with van der Waals surface area (Å²) in [5.41, 5.74) is 0.481. The third-order valence-electron chi connectivity index (χ3n) is 5.38. The molecule has 0 amide bonds. The number of hydrogen-bond donors (Lipinski definition) is 1. The molecule has 1 fully saturated rings. The van der Waals surface area contributed by atoms with Gasteiger partial charge in [0.05, 0.1) is 33.5 Å². The Bertz CT molecular complexity index is 1330. The van der Waals surface area contributed by atoms with Crippen LogP contribution in [0.1, 0.15) is 40.8 Å². The lowest BCUT2D eigenvalue weighted by Crippen LogP contribution is -2.16. The highest BCUT2D eigenvalue weighted by Gasteiger charge is 2.23. The van der Waals surface area contributed by atoms with Gasteiger partial charge >= 0.3 is 0 Å². The summed E-state index contributed by atoms with van der Waals surface area (Å²) in [4.78, 5) is 34.2. The summed E-state index contributed by atoms with van der Waals surface area (Å²) in [5, 5.41) is 12.1. The molecule has 1 unspecified atom stereocenters. The second-order valence-corrected chi connectivity index (χ2v) is 10.5. The molecular weight excluding hydrogens is 466 g/mol. The van der Waals surface area contributed by atoms with Crippen molar-refractivity contribution >= 4 is 50.4 Å². The number of carbonyl (C=O) groups is 1. The minimum atomic E-state index is -0.216. The maximum absolute atomic E-state index is 12.7. The lowest BCUT2D eigenvalue weighted by atomic mass is 10.2. The Balaban J connectivity index is 1.43. The Morgan fingerprint density at radius 2 is 2.28 bits per heavy atom. The quantitative estimate of drug-likeness (QED) is 0.306. The molecule has 166 valence electrons. The van der Waals surface area contributed by atoms with Crippen LogP contribution in [0.4, 0.5) is 0 Å². The fraction of sp³-hybridized carbons (Fsp3) is 0.381. The summed E-state index contributed by atoms with van der Waals surface area (Å²) in [6.07, 6.45) is 2.24. The maximum Gasteiger partial charge on any atom is 0.259 e. The lowest BCUT2D eigenvalue weighted by molar-refractivity contribution is 0.0953. The summed E-state index contributed by atoms with van der Waals surface area (Å²) in [6, 6.07) is 4.04. The molecule has 1 N–H and O–H groups in total. The van der Waals surface area contributed by atoms with E-state index in [1.54, 1.807) is 18.3 Å². The van der Waals surface area contributed by atoms with Crippen molar-refractivity contribution in [3.8, 4) is 10.7 Å². The Kier molecular flexibility index (Phi) is 5.97. The predicted octanol–water partition coefficient (Wildman–Crippen LogP) is 4.29. The minimum absolute atomic E-state index is 0.0517. The van der Waals surface area contributed by atoms with Gasteiger partial charge in [0.15, 0.2) is 16.8 Å². The monoisotopic (exact) mass is 487 g/mol. The van der Waals surface area contributed by atoms with Crippen LogP contribution < -0.4 is 5.56 Å². The van der Waals surface area contributed by atoms with Crippen molar-refractivity contribution < 1.29 is 9.53 Å². The van der Waals surface area contributed by atoms with E-state index in [2.05, 4.69) is 24.7 Å². The largest absolute Gasteiger partial charge is 0.376 e. The van der Waals surface area contributed by atoms with E-state index < -0.39 is 0 Å². The number of nitrogens with zero attached hydrogens (tertiary/aromatic N) is 4. The molecule has 5 heterocycles. The van der Waals surface area contributed by atoms with E-state index in [1.807, 2.05) is 17.5 Å². The molecule has 0 saturated carbocycles. The average molecular weight is 488 g/mol. The molecule has 8 nitrogen and oxygen atoms in total. The van der Waals surface area contributed by atoms with Crippen LogP contribution in [0, 0.1) is 6.92 Å². The first-order valence-electron chi connectivity index (χ1n) is 10.3. The van der Waals surface area contributed by atoms with Crippen LogP contribution in [0.5, 0.6) is 0 Å². The molecule has 0 aromatic carbocycles. The number of aromatic nitrogens is 5. The van der Waals surface area contributed by atoms with Crippen LogP contribution >= 0.6 is 34.4 Å². The van der Waals surface area contributed by atoms with Crippen molar-refractivity contribution in [2.75, 3.05) is 6.61 Å². The number of thioether (sulfide) groups is 1. The molecule has 1 aliphatic heterocycles. The van der Waals surface area contributed by atoms with Gasteiger partial charge in [-0.3, -0.25) is 14.2 Å². The average Bonchev–Trinajstić information content (AvgIpc) is 3.54. The van der Waals surface area contributed by atoms with Gasteiger partial charge in [-0.1, -0.05) is 17.8 Å². The van der Waals surface area contributed by atoms with E-state index in [9.17, 15) is 9.59 Å². The molecule has 1 aliphatic rings. The molecule has 0 bridgehead atoms. The molecule has 32 heavy (non-hydrogen) atoms. The van der Waals surface area contributed by atoms with Gasteiger partial charge in [0.25, 0.3) is 5.56 Å². The number of rotatable bonds is 7. The van der Waals surface area contributed by atoms with Crippen molar-refractivity contribution in [2.45, 2.75) is 50.2 Å². The van der Waals surface area contributed by atoms with Crippen LogP contribution in [-0.2, 0) is 17.0 Å². The normalized spacial score (nSPS) is 16.2. The zero-order valence-corrected chi connectivity index (χ0v) is 20.0. The predicted molar refractivity (Wildman–Crippen MR) is 127 cm³/mol. The van der Waals surface area contributed by atoms with Gasteiger partial charge in [0, 0.05) is 6.61 Å². The summed E-state index contributed by atoms with van der Waals surface area (Å²) < 4.78 is 7.95. The van der Waals surface area contributed by atoms with Crippen molar-refractivity contribution in [3.63, 3.8) is 0 Å². The number of aryl methyl sites for hydroxylation is 1. The summed E-state index contributed by atoms with van der Waals surface area (Å²) in [6.45, 7) is 4.78. The van der Waals surface area contributed by atoms with E-state index in [0.717, 1.165) is 35.3 Å². The second-order valence-electron chi connectivity index (χ2n) is 7.62. The third kappa shape index (κ3) is 4.05. The first kappa shape index (κ1) is 21.5. The van der Waals surface area contributed by atoms with Crippen molar-refractivity contribution in [3.05, 3.63) is 44.1 Å². The standard InChI is InChI=1S/C21H21N5O3S3/c1-11-16-19(28)22-15(23-20(16)32-17(11)12(2)27)10-31-21-25-24-18(14-6-4-8-30-14)26(21)9-13-5-3-7-29-13/h4,6,8,13H,3,5,7,9-10H2,1-2H3,(H,22,23,28). The van der Waals surface area contributed by atoms with E-state index in [4.69, 9.17) is 4.74 Å². The van der Waals surface area contributed by atoms with Crippen LogP contribution in [0.2, 0.25) is 0 Å². The molecule has 5 rings (SSSR count). The molecule has 4 aromatic heterocycles. The highest BCUT2D eigenvalue weighted by molar-refractivity contribution is 7.98. The Morgan fingerprint density at radius 1 is 1.41 bits per heavy atom. The molecule has 0 radical (unpaired) electrons. The fourth-order valence-corrected chi connectivity index (χ4v) is 6.50. The van der Waals surface area contributed by atoms with Crippen molar-refractivity contribution in [1.29, 1.82) is 0 Å². The van der Waals surface area contributed by atoms with E-state index in [0.29, 0.717) is 38.8 Å². The van der Waals surface area contributed by atoms with Crippen LogP contribution in [0.15, 0.2) is 27.5 Å². The van der Waals surface area contributed by atoms with E-state index in [-0.39, 0.29) is 17.4 Å². The second kappa shape index (κ2) is 8.89. The SMILES string of the molecule is CC(=O)c1sc2nc(CSc3nnc(-c4cccs4)n3CC3CCCO3)[nH]c(=O)c2c1C. The Morgan fingerprint density at radius 3 is 3.00 bits per heavy atom. The van der Waals surface area contributed by atoms with Gasteiger partial charge < -0.3 is 9.72 Å². The zero-order chi connectivity index (χ0) is 22.2. The number of hydrogen-bond acceptors (Lipinski definition) is 9. The number of fused-ring (bicyclic) bond motifs is 1. The van der Waals surface area contributed by atoms with E-state index in [1.165, 1.54) is 30.0 Å². The van der Waals surface area contributed by atoms with Gasteiger partial charge in [-0.25, -0.2) is 4.98 Å². The molecule has 4 aromatic rings. The molecule has 1 atom stereocenters. The fourth-order valence-electron chi connectivity index (χ4n) is 3.87. The molecule has 11 heteroatoms. The van der Waals surface area contributed by atoms with E-state index >= 15 is 0 Å². The number of ether oxygens (including phenoxy) is 1. The van der Waals surface area contributed by atoms with Gasteiger partial charge in [0.2, 0.25) is 0 Å². The Labute approximate surface area is 196 Å². The van der Waals surface area contributed by atoms with Gasteiger partial charge in [0.1, 0.15) is 10.7 Å². The molecule has 1 saturated heterocycles. The number of nitrogens with one attached hydrogen (secondary N) is 1. The highest BCUT2D eigenvalue weighted by Crippen LogP contribution is 2.31. The van der Waals surface area contributed by atoms with Gasteiger partial charge in [-0.15, -0.1) is 32.9 Å². The first-order chi connectivity index (χ1) is 15.5. The topological polar surface area (TPSA) is 103 Å².